The van der Waals surface area contributed by atoms with Gasteiger partial charge in [0.2, 0.25) is 0 Å². The van der Waals surface area contributed by atoms with Crippen molar-refractivity contribution in [3.8, 4) is 5.75 Å². The maximum absolute atomic E-state index is 10.5. The van der Waals surface area contributed by atoms with Gasteiger partial charge < -0.3 is 9.84 Å². The number of hydrogen-bond donors (Lipinski definition) is 1. The summed E-state index contributed by atoms with van der Waals surface area (Å²) in [4.78, 5) is 0. The molecule has 3 aromatic carbocycles. The number of rotatable bonds is 10. The number of aryl methyl sites for hydroxylation is 1. The monoisotopic (exact) mass is 428 g/mol. The Morgan fingerprint density at radius 3 is 2.34 bits per heavy atom. The molecule has 0 amide bonds. The van der Waals surface area contributed by atoms with E-state index in [1.807, 2.05) is 31.2 Å². The van der Waals surface area contributed by atoms with Crippen molar-refractivity contribution in [2.75, 3.05) is 0 Å². The van der Waals surface area contributed by atoms with Crippen molar-refractivity contribution in [2.24, 2.45) is 5.41 Å². The van der Waals surface area contributed by atoms with Crippen molar-refractivity contribution < 1.29 is 9.84 Å². The van der Waals surface area contributed by atoms with Crippen molar-refractivity contribution in [2.45, 2.75) is 71.0 Å². The summed E-state index contributed by atoms with van der Waals surface area (Å²) in [5.74, 6) is 1.60. The van der Waals surface area contributed by atoms with E-state index in [0.29, 0.717) is 17.9 Å². The minimum absolute atomic E-state index is 0.407. The van der Waals surface area contributed by atoms with Gasteiger partial charge in [0, 0.05) is 0 Å². The molecule has 0 radical (unpaired) electrons. The average molecular weight is 429 g/mol. The lowest BCUT2D eigenvalue weighted by Crippen LogP contribution is -2.33. The summed E-state index contributed by atoms with van der Waals surface area (Å²) in [6.07, 6.45) is 6.24. The Bertz CT molecular complexity index is 974. The summed E-state index contributed by atoms with van der Waals surface area (Å²) in [5.41, 5.74) is 5.37. The van der Waals surface area contributed by atoms with Crippen molar-refractivity contribution in [3.63, 3.8) is 0 Å². The molecular weight excluding hydrogens is 392 g/mol. The molecular formula is C30H36O2. The zero-order valence-electron chi connectivity index (χ0n) is 19.5. The molecule has 3 aromatic rings. The van der Waals surface area contributed by atoms with Crippen molar-refractivity contribution >= 4 is 0 Å². The van der Waals surface area contributed by atoms with Gasteiger partial charge in [-0.15, -0.1) is 0 Å². The summed E-state index contributed by atoms with van der Waals surface area (Å²) in [5, 5.41) is 10.5. The number of ether oxygens (including phenoxy) is 1. The predicted octanol–water partition coefficient (Wildman–Crippen LogP) is 7.62. The van der Waals surface area contributed by atoms with Crippen LogP contribution in [0.2, 0.25) is 0 Å². The van der Waals surface area contributed by atoms with Crippen LogP contribution < -0.4 is 4.74 Å². The molecule has 0 bridgehead atoms. The largest absolute Gasteiger partial charge is 0.489 e. The Morgan fingerprint density at radius 1 is 0.969 bits per heavy atom. The van der Waals surface area contributed by atoms with Crippen LogP contribution in [0.1, 0.15) is 80.2 Å². The normalized spacial score (nSPS) is 21.0. The Balaban J connectivity index is 1.35. The highest BCUT2D eigenvalue weighted by Gasteiger charge is 2.40. The highest BCUT2D eigenvalue weighted by atomic mass is 16.5. The zero-order valence-corrected chi connectivity index (χ0v) is 19.5. The first kappa shape index (κ1) is 22.6. The molecule has 0 aromatic heterocycles. The Hall–Kier alpha value is -2.58. The smallest absolute Gasteiger partial charge is 0.120 e. The van der Waals surface area contributed by atoms with E-state index in [1.54, 1.807) is 0 Å². The summed E-state index contributed by atoms with van der Waals surface area (Å²) in [6, 6.07) is 27.4. The molecule has 1 aliphatic rings. The second-order valence-corrected chi connectivity index (χ2v) is 9.74. The van der Waals surface area contributed by atoms with Crippen LogP contribution in [-0.4, -0.2) is 5.11 Å². The topological polar surface area (TPSA) is 29.5 Å². The minimum atomic E-state index is -0.407. The Kier molecular flexibility index (Phi) is 7.32. The van der Waals surface area contributed by atoms with Gasteiger partial charge in [-0.05, 0) is 84.2 Å². The molecule has 1 unspecified atom stereocenters. The molecule has 2 nitrogen and oxygen atoms in total. The fourth-order valence-corrected chi connectivity index (χ4v) is 5.17. The number of aliphatic hydroxyl groups excluding tert-OH is 1. The second kappa shape index (κ2) is 10.4. The first-order valence-electron chi connectivity index (χ1n) is 12.1. The van der Waals surface area contributed by atoms with Crippen LogP contribution in [0.15, 0.2) is 78.9 Å². The third-order valence-corrected chi connectivity index (χ3v) is 7.08. The number of aliphatic hydroxyl groups is 1. The van der Waals surface area contributed by atoms with Crippen LogP contribution in [0.3, 0.4) is 0 Å². The molecule has 4 rings (SSSR count). The van der Waals surface area contributed by atoms with E-state index in [-0.39, 0.29) is 0 Å². The third-order valence-electron chi connectivity index (χ3n) is 7.08. The van der Waals surface area contributed by atoms with Crippen LogP contribution in [0, 0.1) is 5.41 Å². The van der Waals surface area contributed by atoms with Gasteiger partial charge >= 0.3 is 0 Å². The molecule has 1 fully saturated rings. The van der Waals surface area contributed by atoms with Gasteiger partial charge in [0.1, 0.15) is 12.4 Å². The standard InChI is InChI=1S/C30H36O2/c1-3-29(31)28-17-16-27(32-22-23-11-6-4-7-12-23)19-25(28)15-10-18-30(2)20-26(21-30)24-13-8-5-9-14-24/h4-9,11-14,16-17,19,26,29,31H,3,10,15,18,20-22H2,1-2H3. The molecule has 1 saturated carbocycles. The maximum atomic E-state index is 10.5. The van der Waals surface area contributed by atoms with Gasteiger partial charge in [-0.3, -0.25) is 0 Å². The van der Waals surface area contributed by atoms with Crippen LogP contribution >= 0.6 is 0 Å². The molecule has 1 aliphatic carbocycles. The Labute approximate surface area is 193 Å². The van der Waals surface area contributed by atoms with Gasteiger partial charge in [-0.2, -0.15) is 0 Å². The molecule has 0 saturated heterocycles. The van der Waals surface area contributed by atoms with E-state index < -0.39 is 6.10 Å². The Morgan fingerprint density at radius 2 is 1.66 bits per heavy atom. The highest BCUT2D eigenvalue weighted by molar-refractivity contribution is 5.37. The second-order valence-electron chi connectivity index (χ2n) is 9.74. The van der Waals surface area contributed by atoms with Crippen LogP contribution in [-0.2, 0) is 13.0 Å². The van der Waals surface area contributed by atoms with Crippen LogP contribution in [0.25, 0.3) is 0 Å². The summed E-state index contributed by atoms with van der Waals surface area (Å²) in [6.45, 7) is 5.04. The van der Waals surface area contributed by atoms with E-state index in [2.05, 4.69) is 61.5 Å². The van der Waals surface area contributed by atoms with Gasteiger partial charge in [-0.1, -0.05) is 80.6 Å². The van der Waals surface area contributed by atoms with E-state index in [4.69, 9.17) is 4.74 Å². The van der Waals surface area contributed by atoms with Crippen molar-refractivity contribution in [3.05, 3.63) is 101 Å². The quantitative estimate of drug-likeness (QED) is 0.360. The minimum Gasteiger partial charge on any atom is -0.489 e. The van der Waals surface area contributed by atoms with Gasteiger partial charge in [0.05, 0.1) is 6.10 Å². The molecule has 168 valence electrons. The van der Waals surface area contributed by atoms with Crippen molar-refractivity contribution in [1.29, 1.82) is 0 Å². The van der Waals surface area contributed by atoms with Crippen LogP contribution in [0.5, 0.6) is 5.75 Å². The zero-order chi connectivity index (χ0) is 22.4. The molecule has 0 heterocycles. The van der Waals surface area contributed by atoms with Gasteiger partial charge in [0.25, 0.3) is 0 Å². The molecule has 2 heteroatoms. The first-order valence-corrected chi connectivity index (χ1v) is 12.1. The summed E-state index contributed by atoms with van der Waals surface area (Å²) >= 11 is 0. The van der Waals surface area contributed by atoms with E-state index in [9.17, 15) is 5.11 Å². The van der Waals surface area contributed by atoms with Crippen LogP contribution in [0.4, 0.5) is 0 Å². The first-order chi connectivity index (χ1) is 15.6. The van der Waals surface area contributed by atoms with Gasteiger partial charge in [0.15, 0.2) is 0 Å². The summed E-state index contributed by atoms with van der Waals surface area (Å²) < 4.78 is 6.06. The van der Waals surface area contributed by atoms with E-state index in [1.165, 1.54) is 30.4 Å². The fraction of sp³-hybridized carbons (Fsp3) is 0.400. The molecule has 0 spiro atoms. The molecule has 1 atom stereocenters. The molecule has 1 N–H and O–H groups in total. The average Bonchev–Trinajstić information content (AvgIpc) is 2.82. The third kappa shape index (κ3) is 5.61. The lowest BCUT2D eigenvalue weighted by Gasteiger charge is -2.46. The van der Waals surface area contributed by atoms with E-state index in [0.717, 1.165) is 36.1 Å². The maximum Gasteiger partial charge on any atom is 0.120 e. The van der Waals surface area contributed by atoms with E-state index >= 15 is 0 Å². The predicted molar refractivity (Wildman–Crippen MR) is 132 cm³/mol. The fourth-order valence-electron chi connectivity index (χ4n) is 5.17. The SMILES string of the molecule is CCC(O)c1ccc(OCc2ccccc2)cc1CCCC1(C)CC(c2ccccc2)C1. The lowest BCUT2D eigenvalue weighted by molar-refractivity contribution is 0.110. The van der Waals surface area contributed by atoms with Crippen molar-refractivity contribution in [1.82, 2.24) is 0 Å². The summed E-state index contributed by atoms with van der Waals surface area (Å²) in [7, 11) is 0. The highest BCUT2D eigenvalue weighted by Crippen LogP contribution is 2.53. The molecule has 32 heavy (non-hydrogen) atoms. The van der Waals surface area contributed by atoms with Gasteiger partial charge in [-0.25, -0.2) is 0 Å². The lowest BCUT2D eigenvalue weighted by atomic mass is 9.59. The number of hydrogen-bond acceptors (Lipinski definition) is 2. The molecule has 0 aliphatic heterocycles. The number of benzene rings is 3.